The number of ether oxygens (including phenoxy) is 1. The highest BCUT2D eigenvalue weighted by Crippen LogP contribution is 2.36. The van der Waals surface area contributed by atoms with Gasteiger partial charge in [-0.15, -0.1) is 0 Å². The van der Waals surface area contributed by atoms with Crippen LogP contribution >= 0.6 is 0 Å². The number of nitrogens with two attached hydrogens (primary N) is 1. The summed E-state index contributed by atoms with van der Waals surface area (Å²) in [6.07, 6.45) is 4.50. The summed E-state index contributed by atoms with van der Waals surface area (Å²) in [6, 6.07) is 2.49. The maximum absolute atomic E-state index is 5.98. The van der Waals surface area contributed by atoms with Crippen molar-refractivity contribution >= 4 is 11.5 Å². The van der Waals surface area contributed by atoms with Crippen LogP contribution in [0.15, 0.2) is 12.3 Å². The molecule has 1 aromatic heterocycles. The minimum Gasteiger partial charge on any atom is -0.398 e. The quantitative estimate of drug-likeness (QED) is 0.840. The SMILES string of the molecule is COCCN(c1cc(N)c(C)cn1)C(C)C1CC1. The minimum absolute atomic E-state index is 0.509. The first kappa shape index (κ1) is 13.1. The number of anilines is 2. The molecule has 1 aliphatic carbocycles. The van der Waals surface area contributed by atoms with E-state index in [0.717, 1.165) is 29.5 Å². The number of nitrogen functional groups attached to an aromatic ring is 1. The van der Waals surface area contributed by atoms with Crippen molar-refractivity contribution in [1.29, 1.82) is 0 Å². The van der Waals surface area contributed by atoms with Crippen LogP contribution in [0.1, 0.15) is 25.3 Å². The molecular weight excluding hydrogens is 226 g/mol. The van der Waals surface area contributed by atoms with E-state index >= 15 is 0 Å². The average Bonchev–Trinajstić information content (AvgIpc) is 3.18. The maximum atomic E-state index is 5.98. The van der Waals surface area contributed by atoms with Gasteiger partial charge in [-0.25, -0.2) is 4.98 Å². The van der Waals surface area contributed by atoms with Gasteiger partial charge in [0.2, 0.25) is 0 Å². The zero-order chi connectivity index (χ0) is 13.1. The Morgan fingerprint density at radius 1 is 1.56 bits per heavy atom. The Hall–Kier alpha value is -1.29. The van der Waals surface area contributed by atoms with Crippen LogP contribution in [0.3, 0.4) is 0 Å². The van der Waals surface area contributed by atoms with Crippen LogP contribution in [-0.2, 0) is 4.74 Å². The molecule has 1 unspecified atom stereocenters. The predicted molar refractivity (Wildman–Crippen MR) is 74.8 cm³/mol. The number of pyridine rings is 1. The first-order chi connectivity index (χ1) is 8.63. The zero-order valence-corrected chi connectivity index (χ0v) is 11.5. The third-order valence-electron chi connectivity index (χ3n) is 3.76. The third-order valence-corrected chi connectivity index (χ3v) is 3.76. The number of aromatic nitrogens is 1. The van der Waals surface area contributed by atoms with Gasteiger partial charge in [0.05, 0.1) is 6.61 Å². The Balaban J connectivity index is 2.17. The average molecular weight is 249 g/mol. The number of methoxy groups -OCH3 is 1. The second-order valence-corrected chi connectivity index (χ2v) is 5.16. The van der Waals surface area contributed by atoms with Crippen LogP contribution in [0.2, 0.25) is 0 Å². The first-order valence-corrected chi connectivity index (χ1v) is 6.61. The highest BCUT2D eigenvalue weighted by molar-refractivity contribution is 5.55. The molecule has 4 nitrogen and oxygen atoms in total. The standard InChI is InChI=1S/C14H23N3O/c1-10-9-16-14(8-13(10)15)17(6-7-18-3)11(2)12-4-5-12/h8-9,11-12H,4-7H2,1-3H3,(H2,15,16). The number of hydrogen-bond acceptors (Lipinski definition) is 4. The summed E-state index contributed by atoms with van der Waals surface area (Å²) in [7, 11) is 1.73. The Kier molecular flexibility index (Phi) is 4.07. The molecule has 0 aliphatic heterocycles. The van der Waals surface area contributed by atoms with Crippen LogP contribution in [-0.4, -0.2) is 31.3 Å². The van der Waals surface area contributed by atoms with Crippen LogP contribution in [0, 0.1) is 12.8 Å². The summed E-state index contributed by atoms with van der Waals surface area (Å²) < 4.78 is 5.20. The van der Waals surface area contributed by atoms with Gasteiger partial charge >= 0.3 is 0 Å². The molecule has 0 aromatic carbocycles. The molecule has 18 heavy (non-hydrogen) atoms. The van der Waals surface area contributed by atoms with E-state index in [1.165, 1.54) is 12.8 Å². The van der Waals surface area contributed by atoms with E-state index in [4.69, 9.17) is 10.5 Å². The molecule has 1 atom stereocenters. The fourth-order valence-corrected chi connectivity index (χ4v) is 2.23. The fraction of sp³-hybridized carbons (Fsp3) is 0.643. The molecule has 100 valence electrons. The molecule has 1 heterocycles. The molecule has 0 amide bonds. The molecule has 2 rings (SSSR count). The van der Waals surface area contributed by atoms with E-state index in [9.17, 15) is 0 Å². The molecule has 1 fully saturated rings. The lowest BCUT2D eigenvalue weighted by molar-refractivity contribution is 0.202. The smallest absolute Gasteiger partial charge is 0.130 e. The van der Waals surface area contributed by atoms with Gasteiger partial charge in [0, 0.05) is 37.6 Å². The van der Waals surface area contributed by atoms with Crippen molar-refractivity contribution in [2.24, 2.45) is 5.92 Å². The highest BCUT2D eigenvalue weighted by atomic mass is 16.5. The van der Waals surface area contributed by atoms with Crippen LogP contribution in [0.25, 0.3) is 0 Å². The Labute approximate surface area is 109 Å². The molecule has 0 bridgehead atoms. The van der Waals surface area contributed by atoms with E-state index in [-0.39, 0.29) is 0 Å². The van der Waals surface area contributed by atoms with Gasteiger partial charge in [0.15, 0.2) is 0 Å². The topological polar surface area (TPSA) is 51.4 Å². The van der Waals surface area contributed by atoms with Gasteiger partial charge < -0.3 is 15.4 Å². The molecule has 0 radical (unpaired) electrons. The van der Waals surface area contributed by atoms with Crippen molar-refractivity contribution in [1.82, 2.24) is 4.98 Å². The summed E-state index contributed by atoms with van der Waals surface area (Å²) in [4.78, 5) is 6.83. The van der Waals surface area contributed by atoms with Crippen molar-refractivity contribution in [3.63, 3.8) is 0 Å². The van der Waals surface area contributed by atoms with Gasteiger partial charge in [-0.1, -0.05) is 0 Å². The minimum atomic E-state index is 0.509. The molecular formula is C14H23N3O. The van der Waals surface area contributed by atoms with E-state index in [2.05, 4.69) is 16.8 Å². The lowest BCUT2D eigenvalue weighted by Gasteiger charge is -2.30. The largest absolute Gasteiger partial charge is 0.398 e. The van der Waals surface area contributed by atoms with Crippen LogP contribution in [0.4, 0.5) is 11.5 Å². The third kappa shape index (κ3) is 2.93. The van der Waals surface area contributed by atoms with Crippen LogP contribution in [0.5, 0.6) is 0 Å². The summed E-state index contributed by atoms with van der Waals surface area (Å²) >= 11 is 0. The van der Waals surface area contributed by atoms with E-state index in [0.29, 0.717) is 12.6 Å². The van der Waals surface area contributed by atoms with E-state index in [1.807, 2.05) is 19.2 Å². The van der Waals surface area contributed by atoms with Crippen LogP contribution < -0.4 is 10.6 Å². The van der Waals surface area contributed by atoms with E-state index < -0.39 is 0 Å². The monoisotopic (exact) mass is 249 g/mol. The lowest BCUT2D eigenvalue weighted by Crippen LogP contribution is -2.37. The summed E-state index contributed by atoms with van der Waals surface area (Å²) in [5.41, 5.74) is 7.82. The van der Waals surface area contributed by atoms with Gasteiger partial charge in [-0.2, -0.15) is 0 Å². The second-order valence-electron chi connectivity index (χ2n) is 5.16. The summed E-state index contributed by atoms with van der Waals surface area (Å²) in [6.45, 7) is 5.83. The number of rotatable bonds is 6. The Morgan fingerprint density at radius 3 is 2.83 bits per heavy atom. The molecule has 2 N–H and O–H groups in total. The van der Waals surface area contributed by atoms with Gasteiger partial charge in [0.1, 0.15) is 5.82 Å². The Bertz CT molecular complexity index is 404. The molecule has 0 saturated heterocycles. The van der Waals surface area contributed by atoms with Gasteiger partial charge in [-0.05, 0) is 38.2 Å². The number of nitrogens with zero attached hydrogens (tertiary/aromatic N) is 2. The summed E-state index contributed by atoms with van der Waals surface area (Å²) in [5.74, 6) is 1.76. The molecule has 0 spiro atoms. The molecule has 4 heteroatoms. The molecule has 1 aliphatic rings. The van der Waals surface area contributed by atoms with Crippen molar-refractivity contribution in [3.05, 3.63) is 17.8 Å². The Morgan fingerprint density at radius 2 is 2.28 bits per heavy atom. The highest BCUT2D eigenvalue weighted by Gasteiger charge is 2.32. The summed E-state index contributed by atoms with van der Waals surface area (Å²) in [5, 5.41) is 0. The van der Waals surface area contributed by atoms with Gasteiger partial charge in [-0.3, -0.25) is 0 Å². The number of aryl methyl sites for hydroxylation is 1. The maximum Gasteiger partial charge on any atom is 0.130 e. The van der Waals surface area contributed by atoms with Crippen molar-refractivity contribution in [3.8, 4) is 0 Å². The predicted octanol–water partition coefficient (Wildman–Crippen LogP) is 2.22. The normalized spacial score (nSPS) is 16.6. The van der Waals surface area contributed by atoms with Crippen molar-refractivity contribution < 1.29 is 4.74 Å². The molecule has 1 saturated carbocycles. The van der Waals surface area contributed by atoms with Gasteiger partial charge in [0.25, 0.3) is 0 Å². The van der Waals surface area contributed by atoms with Crippen molar-refractivity contribution in [2.75, 3.05) is 30.9 Å². The number of hydrogen-bond donors (Lipinski definition) is 1. The lowest BCUT2D eigenvalue weighted by atomic mass is 10.1. The zero-order valence-electron chi connectivity index (χ0n) is 11.5. The fourth-order valence-electron chi connectivity index (χ4n) is 2.23. The molecule has 1 aromatic rings. The first-order valence-electron chi connectivity index (χ1n) is 6.61. The van der Waals surface area contributed by atoms with E-state index in [1.54, 1.807) is 7.11 Å². The second kappa shape index (κ2) is 5.57. The van der Waals surface area contributed by atoms with Crippen molar-refractivity contribution in [2.45, 2.75) is 32.7 Å².